The van der Waals surface area contributed by atoms with Crippen LogP contribution in [0, 0.1) is 0 Å². The fourth-order valence-corrected chi connectivity index (χ4v) is 2.78. The monoisotopic (exact) mass is 302 g/mol. The van der Waals surface area contributed by atoms with Crippen LogP contribution in [0.5, 0.6) is 0 Å². The van der Waals surface area contributed by atoms with Gasteiger partial charge in [0.15, 0.2) is 0 Å². The highest BCUT2D eigenvalue weighted by molar-refractivity contribution is 6.34. The van der Waals surface area contributed by atoms with Crippen molar-refractivity contribution in [1.82, 2.24) is 4.98 Å². The van der Waals surface area contributed by atoms with E-state index in [0.717, 1.165) is 22.0 Å². The lowest BCUT2D eigenvalue weighted by Gasteiger charge is -2.14. The van der Waals surface area contributed by atoms with E-state index in [4.69, 9.17) is 28.9 Å². The Bertz CT molecular complexity index is 751. The van der Waals surface area contributed by atoms with Crippen LogP contribution in [0.4, 0.5) is 0 Å². The lowest BCUT2D eigenvalue weighted by molar-refractivity contribution is 0.873. The Labute approximate surface area is 127 Å². The van der Waals surface area contributed by atoms with Crippen LogP contribution >= 0.6 is 23.2 Å². The van der Waals surface area contributed by atoms with E-state index in [0.29, 0.717) is 10.0 Å². The molecule has 3 aromatic rings. The van der Waals surface area contributed by atoms with Gasteiger partial charge in [0, 0.05) is 21.6 Å². The summed E-state index contributed by atoms with van der Waals surface area (Å²) in [6.07, 6.45) is 1.78. The van der Waals surface area contributed by atoms with E-state index in [9.17, 15) is 0 Å². The predicted molar refractivity (Wildman–Crippen MR) is 84.2 cm³/mol. The Morgan fingerprint density at radius 2 is 1.65 bits per heavy atom. The molecule has 0 bridgehead atoms. The minimum atomic E-state index is -0.268. The van der Waals surface area contributed by atoms with Gasteiger partial charge in [-0.2, -0.15) is 0 Å². The normalized spacial score (nSPS) is 12.6. The summed E-state index contributed by atoms with van der Waals surface area (Å²) < 4.78 is 0. The molecule has 2 nitrogen and oxygen atoms in total. The molecule has 1 aromatic heterocycles. The average molecular weight is 303 g/mol. The lowest BCUT2D eigenvalue weighted by atomic mass is 9.98. The van der Waals surface area contributed by atoms with Gasteiger partial charge in [-0.05, 0) is 47.5 Å². The van der Waals surface area contributed by atoms with Crippen LogP contribution in [0.15, 0.2) is 54.7 Å². The number of nitrogens with zero attached hydrogens (tertiary/aromatic N) is 1. The van der Waals surface area contributed by atoms with E-state index in [1.807, 2.05) is 42.5 Å². The van der Waals surface area contributed by atoms with Crippen LogP contribution in [-0.2, 0) is 0 Å². The molecule has 0 saturated carbocycles. The quantitative estimate of drug-likeness (QED) is 0.752. The second-order valence-electron chi connectivity index (χ2n) is 4.64. The van der Waals surface area contributed by atoms with Gasteiger partial charge in [-0.3, -0.25) is 4.98 Å². The lowest BCUT2D eigenvalue weighted by Crippen LogP contribution is -2.11. The van der Waals surface area contributed by atoms with Gasteiger partial charge in [0.05, 0.1) is 11.6 Å². The molecule has 3 rings (SSSR count). The largest absolute Gasteiger partial charge is 0.320 e. The maximum Gasteiger partial charge on any atom is 0.0702 e. The number of aromatic nitrogens is 1. The fourth-order valence-electron chi connectivity index (χ4n) is 2.23. The summed E-state index contributed by atoms with van der Waals surface area (Å²) in [5.41, 5.74) is 9.16. The van der Waals surface area contributed by atoms with Crippen molar-refractivity contribution in [2.24, 2.45) is 5.73 Å². The van der Waals surface area contributed by atoms with Crippen molar-refractivity contribution in [3.8, 4) is 0 Å². The Morgan fingerprint density at radius 3 is 2.40 bits per heavy atom. The number of halogens is 2. The molecule has 4 heteroatoms. The van der Waals surface area contributed by atoms with Gasteiger partial charge >= 0.3 is 0 Å². The number of nitrogens with two attached hydrogens (primary N) is 1. The average Bonchev–Trinajstić information content (AvgIpc) is 2.45. The summed E-state index contributed by atoms with van der Waals surface area (Å²) in [6, 6.07) is 15.0. The van der Waals surface area contributed by atoms with Gasteiger partial charge < -0.3 is 5.73 Å². The first kappa shape index (κ1) is 13.4. The Kier molecular flexibility index (Phi) is 3.62. The van der Waals surface area contributed by atoms with Crippen molar-refractivity contribution in [3.05, 3.63) is 75.9 Å². The van der Waals surface area contributed by atoms with Gasteiger partial charge in [-0.1, -0.05) is 35.3 Å². The zero-order valence-corrected chi connectivity index (χ0v) is 12.1. The third kappa shape index (κ3) is 2.63. The maximum absolute atomic E-state index is 6.31. The van der Waals surface area contributed by atoms with Crippen molar-refractivity contribution in [2.75, 3.05) is 0 Å². The summed E-state index contributed by atoms with van der Waals surface area (Å²) in [5, 5.41) is 2.24. The molecular weight excluding hydrogens is 291 g/mol. The van der Waals surface area contributed by atoms with E-state index in [-0.39, 0.29) is 6.04 Å². The number of hydrogen-bond acceptors (Lipinski definition) is 2. The molecule has 0 amide bonds. The van der Waals surface area contributed by atoms with Gasteiger partial charge in [0.25, 0.3) is 0 Å². The van der Waals surface area contributed by atoms with Crippen molar-refractivity contribution < 1.29 is 0 Å². The second-order valence-corrected chi connectivity index (χ2v) is 5.51. The molecule has 0 spiro atoms. The third-order valence-corrected chi connectivity index (χ3v) is 3.67. The molecule has 1 atom stereocenters. The maximum atomic E-state index is 6.31. The van der Waals surface area contributed by atoms with E-state index in [1.54, 1.807) is 12.3 Å². The number of benzene rings is 2. The summed E-state index contributed by atoms with van der Waals surface area (Å²) >= 11 is 12.1. The van der Waals surface area contributed by atoms with E-state index in [1.165, 1.54) is 0 Å². The molecule has 2 aromatic carbocycles. The smallest absolute Gasteiger partial charge is 0.0702 e. The second kappa shape index (κ2) is 5.41. The molecule has 0 saturated heterocycles. The SMILES string of the molecule is NC(c1cc(Cl)cc(Cl)c1)c1ccc2ncccc2c1. The van der Waals surface area contributed by atoms with Crippen LogP contribution in [0.1, 0.15) is 17.2 Å². The van der Waals surface area contributed by atoms with Crippen LogP contribution in [0.3, 0.4) is 0 Å². The summed E-state index contributed by atoms with van der Waals surface area (Å²) in [7, 11) is 0. The van der Waals surface area contributed by atoms with E-state index < -0.39 is 0 Å². The number of pyridine rings is 1. The first-order chi connectivity index (χ1) is 9.63. The first-order valence-corrected chi connectivity index (χ1v) is 6.95. The minimum Gasteiger partial charge on any atom is -0.320 e. The van der Waals surface area contributed by atoms with E-state index in [2.05, 4.69) is 4.98 Å². The third-order valence-electron chi connectivity index (χ3n) is 3.23. The Balaban J connectivity index is 2.05. The Hall–Kier alpha value is -1.61. The van der Waals surface area contributed by atoms with Crippen LogP contribution in [0.2, 0.25) is 10.0 Å². The van der Waals surface area contributed by atoms with Crippen LogP contribution in [0.25, 0.3) is 10.9 Å². The van der Waals surface area contributed by atoms with Gasteiger partial charge in [0.2, 0.25) is 0 Å². The molecule has 0 radical (unpaired) electrons. The highest BCUT2D eigenvalue weighted by Gasteiger charge is 2.11. The van der Waals surface area contributed by atoms with Crippen molar-refractivity contribution >= 4 is 34.1 Å². The molecule has 0 aliphatic carbocycles. The van der Waals surface area contributed by atoms with Crippen molar-refractivity contribution in [1.29, 1.82) is 0 Å². The predicted octanol–water partition coefficient (Wildman–Crippen LogP) is 4.59. The van der Waals surface area contributed by atoms with E-state index >= 15 is 0 Å². The molecule has 0 aliphatic rings. The van der Waals surface area contributed by atoms with Gasteiger partial charge in [-0.25, -0.2) is 0 Å². The zero-order chi connectivity index (χ0) is 14.1. The van der Waals surface area contributed by atoms with Crippen LogP contribution in [-0.4, -0.2) is 4.98 Å². The van der Waals surface area contributed by atoms with Crippen LogP contribution < -0.4 is 5.73 Å². The molecule has 0 aliphatic heterocycles. The minimum absolute atomic E-state index is 0.268. The highest BCUT2D eigenvalue weighted by Crippen LogP contribution is 2.27. The first-order valence-electron chi connectivity index (χ1n) is 6.20. The Morgan fingerprint density at radius 1 is 0.900 bits per heavy atom. The molecule has 20 heavy (non-hydrogen) atoms. The van der Waals surface area contributed by atoms with Gasteiger partial charge in [-0.15, -0.1) is 0 Å². The number of rotatable bonds is 2. The van der Waals surface area contributed by atoms with Gasteiger partial charge in [0.1, 0.15) is 0 Å². The molecule has 1 unspecified atom stereocenters. The number of fused-ring (bicyclic) bond motifs is 1. The molecule has 1 heterocycles. The molecule has 100 valence electrons. The molecule has 0 fully saturated rings. The topological polar surface area (TPSA) is 38.9 Å². The summed E-state index contributed by atoms with van der Waals surface area (Å²) in [4.78, 5) is 4.30. The summed E-state index contributed by atoms with van der Waals surface area (Å²) in [5.74, 6) is 0. The zero-order valence-electron chi connectivity index (χ0n) is 10.6. The number of hydrogen-bond donors (Lipinski definition) is 1. The van der Waals surface area contributed by atoms with Crippen molar-refractivity contribution in [2.45, 2.75) is 6.04 Å². The standard InChI is InChI=1S/C16H12Cl2N2/c17-13-7-12(8-14(18)9-13)16(19)11-3-4-15-10(6-11)2-1-5-20-15/h1-9,16H,19H2. The summed E-state index contributed by atoms with van der Waals surface area (Å²) in [6.45, 7) is 0. The fraction of sp³-hybridized carbons (Fsp3) is 0.0625. The molecular formula is C16H12Cl2N2. The highest BCUT2D eigenvalue weighted by atomic mass is 35.5. The molecule has 2 N–H and O–H groups in total. The van der Waals surface area contributed by atoms with Crippen molar-refractivity contribution in [3.63, 3.8) is 0 Å².